The molecule has 2 saturated heterocycles. The molecule has 2 aliphatic heterocycles. The minimum atomic E-state index is -1.79. The monoisotopic (exact) mass is 886 g/mol. The van der Waals surface area contributed by atoms with Crippen molar-refractivity contribution >= 4 is 57.9 Å². The molecule has 3 fully saturated rings. The standard InChI is InChI=1S/C44H45F3N10O5.ClH/c1-53-36-18-25(4-9-34(36)57(44(53)62)35-10-11-38(58)51-43(35)61)12-13-54-14-16-55(17-15-54)37-23-48-33(22-49-37)27-5-6-28-24-56(52-32(28)19-27)29-7-2-26(3-8-29)21-50-42(60)30-20-31(45)41(59)40(47)39(30)46;/h4-6,9,18-20,22-24,26,29,35,59H,2-3,7-8,10-17,21H2,1H3,(H,50,60)(H,51,58,61);1H. The predicted molar refractivity (Wildman–Crippen MR) is 230 cm³/mol. The molecule has 3 aromatic carbocycles. The molecule has 3 amide bonds. The third-order valence-electron chi connectivity index (χ3n) is 12.7. The zero-order valence-corrected chi connectivity index (χ0v) is 35.2. The number of hydrogen-bond donors (Lipinski definition) is 3. The molecule has 0 bridgehead atoms. The van der Waals surface area contributed by atoms with Crippen LogP contribution in [-0.2, 0) is 23.1 Å². The van der Waals surface area contributed by atoms with Gasteiger partial charge in [0.15, 0.2) is 17.4 Å². The maximum Gasteiger partial charge on any atom is 0.329 e. The fraction of sp³-hybridized carbons (Fsp3) is 0.386. The number of fused-ring (bicyclic) bond motifs is 2. The van der Waals surface area contributed by atoms with E-state index in [0.717, 1.165) is 104 Å². The molecule has 6 aromatic rings. The van der Waals surface area contributed by atoms with Crippen LogP contribution in [0, 0.1) is 23.4 Å². The smallest absolute Gasteiger partial charge is 0.329 e. The van der Waals surface area contributed by atoms with Crippen molar-refractivity contribution in [3.8, 4) is 17.0 Å². The number of phenolic OH excluding ortho intramolecular Hbond substituents is 1. The first-order valence-corrected chi connectivity index (χ1v) is 20.9. The minimum Gasteiger partial charge on any atom is -0.503 e. The lowest BCUT2D eigenvalue weighted by atomic mass is 9.86. The van der Waals surface area contributed by atoms with Crippen LogP contribution in [0.15, 0.2) is 65.8 Å². The van der Waals surface area contributed by atoms with Gasteiger partial charge in [0.2, 0.25) is 17.6 Å². The third-order valence-corrected chi connectivity index (χ3v) is 12.7. The van der Waals surface area contributed by atoms with Gasteiger partial charge in [-0.3, -0.25) is 43.4 Å². The Kier molecular flexibility index (Phi) is 12.3. The summed E-state index contributed by atoms with van der Waals surface area (Å²) >= 11 is 0. The van der Waals surface area contributed by atoms with E-state index in [4.69, 9.17) is 15.1 Å². The van der Waals surface area contributed by atoms with Crippen molar-refractivity contribution in [2.24, 2.45) is 13.0 Å². The molecule has 330 valence electrons. The number of nitrogens with one attached hydrogen (secondary N) is 2. The van der Waals surface area contributed by atoms with Crippen LogP contribution in [0.5, 0.6) is 5.75 Å². The van der Waals surface area contributed by atoms with Gasteiger partial charge in [-0.15, -0.1) is 12.4 Å². The molecule has 0 radical (unpaired) electrons. The van der Waals surface area contributed by atoms with Crippen LogP contribution in [0.3, 0.4) is 0 Å². The maximum absolute atomic E-state index is 14.1. The van der Waals surface area contributed by atoms with E-state index in [1.165, 1.54) is 4.57 Å². The number of aromatic nitrogens is 6. The third kappa shape index (κ3) is 8.61. The number of piperidine rings is 1. The van der Waals surface area contributed by atoms with Crippen LogP contribution in [0.2, 0.25) is 0 Å². The molecule has 3 N–H and O–H groups in total. The van der Waals surface area contributed by atoms with E-state index in [9.17, 15) is 37.5 Å². The number of anilines is 1. The first-order chi connectivity index (χ1) is 29.9. The molecule has 0 spiro atoms. The molecule has 1 saturated carbocycles. The van der Waals surface area contributed by atoms with Gasteiger partial charge in [-0.2, -0.15) is 9.49 Å². The van der Waals surface area contributed by atoms with Gasteiger partial charge in [-0.25, -0.2) is 18.6 Å². The summed E-state index contributed by atoms with van der Waals surface area (Å²) in [6, 6.07) is 11.9. The fourth-order valence-corrected chi connectivity index (χ4v) is 8.99. The van der Waals surface area contributed by atoms with Crippen molar-refractivity contribution in [1.29, 1.82) is 0 Å². The van der Waals surface area contributed by atoms with Crippen molar-refractivity contribution in [3.05, 3.63) is 100 Å². The molecule has 63 heavy (non-hydrogen) atoms. The summed E-state index contributed by atoms with van der Waals surface area (Å²) < 4.78 is 46.7. The Balaban J connectivity index is 0.00000544. The SMILES string of the molecule is Cl.Cn1c(=O)n(C2CCC(=O)NC2=O)c2ccc(CCN3CCN(c4cnc(-c5ccc6cn(C7CCC(CNC(=O)c8cc(F)c(O)c(F)c8F)CC7)nc6c5)cn4)CC3)cc21. The van der Waals surface area contributed by atoms with Gasteiger partial charge in [0.1, 0.15) is 11.9 Å². The van der Waals surface area contributed by atoms with Gasteiger partial charge >= 0.3 is 5.69 Å². The fourth-order valence-electron chi connectivity index (χ4n) is 8.99. The van der Waals surface area contributed by atoms with Crippen LogP contribution >= 0.6 is 12.4 Å². The van der Waals surface area contributed by atoms with Crippen molar-refractivity contribution in [1.82, 2.24) is 44.4 Å². The molecule has 1 aliphatic carbocycles. The zero-order valence-electron chi connectivity index (χ0n) is 34.4. The Bertz CT molecular complexity index is 2780. The highest BCUT2D eigenvalue weighted by Crippen LogP contribution is 2.34. The number of aromatic hydroxyl groups is 1. The number of carbonyl (C=O) groups is 3. The number of phenols is 1. The minimum absolute atomic E-state index is 0. The van der Waals surface area contributed by atoms with Crippen molar-refractivity contribution in [3.63, 3.8) is 0 Å². The average Bonchev–Trinajstić information content (AvgIpc) is 3.83. The lowest BCUT2D eigenvalue weighted by molar-refractivity contribution is -0.135. The van der Waals surface area contributed by atoms with Crippen molar-refractivity contribution in [2.75, 3.05) is 44.2 Å². The van der Waals surface area contributed by atoms with Gasteiger partial charge in [0.05, 0.1) is 46.2 Å². The highest BCUT2D eigenvalue weighted by Gasteiger charge is 2.32. The summed E-state index contributed by atoms with van der Waals surface area (Å²) in [4.78, 5) is 64.0. The van der Waals surface area contributed by atoms with Crippen LogP contribution in [0.4, 0.5) is 19.0 Å². The normalized spacial score (nSPS) is 19.6. The van der Waals surface area contributed by atoms with E-state index >= 15 is 0 Å². The molecule has 1 unspecified atom stereocenters. The number of carbonyl (C=O) groups excluding carboxylic acids is 3. The molecule has 5 heterocycles. The first kappa shape index (κ1) is 43.4. The summed E-state index contributed by atoms with van der Waals surface area (Å²) in [5.41, 5.74) is 3.96. The van der Waals surface area contributed by atoms with Crippen molar-refractivity contribution in [2.45, 2.75) is 57.0 Å². The second-order valence-electron chi connectivity index (χ2n) is 16.5. The number of imidazole rings is 1. The molecule has 15 nitrogen and oxygen atoms in total. The summed E-state index contributed by atoms with van der Waals surface area (Å²) in [6.07, 6.45) is 10.1. The molecular formula is C44H46ClF3N10O5. The number of halogens is 4. The molecule has 1 atom stereocenters. The predicted octanol–water partition coefficient (Wildman–Crippen LogP) is 5.20. The number of benzene rings is 3. The number of hydrogen-bond acceptors (Lipinski definition) is 10. The summed E-state index contributed by atoms with van der Waals surface area (Å²) in [5.74, 6) is -7.00. The number of nitrogens with zero attached hydrogens (tertiary/aromatic N) is 8. The Hall–Kier alpha value is -6.27. The maximum atomic E-state index is 14.1. The second-order valence-corrected chi connectivity index (χ2v) is 16.5. The summed E-state index contributed by atoms with van der Waals surface area (Å²) in [7, 11) is 1.71. The van der Waals surface area contributed by atoms with Gasteiger partial charge in [-0.05, 0) is 74.3 Å². The number of amides is 3. The molecule has 3 aromatic heterocycles. The van der Waals surface area contributed by atoms with E-state index in [-0.39, 0.29) is 48.9 Å². The number of piperazine rings is 1. The van der Waals surface area contributed by atoms with Crippen LogP contribution < -0.4 is 21.2 Å². The molecule has 9 rings (SSSR count). The highest BCUT2D eigenvalue weighted by molar-refractivity contribution is 6.00. The topological polar surface area (TPSA) is 173 Å². The Morgan fingerprint density at radius 1 is 0.905 bits per heavy atom. The first-order valence-electron chi connectivity index (χ1n) is 20.9. The Labute approximate surface area is 365 Å². The van der Waals surface area contributed by atoms with Gasteiger partial charge < -0.3 is 15.3 Å². The summed E-state index contributed by atoms with van der Waals surface area (Å²) in [5, 5.41) is 20.1. The van der Waals surface area contributed by atoms with E-state index in [1.54, 1.807) is 17.8 Å². The number of imide groups is 1. The van der Waals surface area contributed by atoms with Crippen molar-refractivity contribution < 1.29 is 32.7 Å². The lowest BCUT2D eigenvalue weighted by Crippen LogP contribution is -2.47. The molecule has 3 aliphatic rings. The number of rotatable bonds is 10. The number of aryl methyl sites for hydroxylation is 1. The van der Waals surface area contributed by atoms with Crippen LogP contribution in [0.1, 0.15) is 66.5 Å². The molecule has 19 heteroatoms. The van der Waals surface area contributed by atoms with E-state index in [0.29, 0.717) is 18.0 Å². The van der Waals surface area contributed by atoms with E-state index < -0.39 is 46.6 Å². The quantitative estimate of drug-likeness (QED) is 0.123. The van der Waals surface area contributed by atoms with Gasteiger partial charge in [-0.1, -0.05) is 18.2 Å². The van der Waals surface area contributed by atoms with E-state index in [2.05, 4.69) is 20.4 Å². The van der Waals surface area contributed by atoms with Crippen LogP contribution in [-0.4, -0.2) is 95.9 Å². The molecular weight excluding hydrogens is 841 g/mol. The van der Waals surface area contributed by atoms with Gasteiger partial charge in [0, 0.05) is 69.9 Å². The lowest BCUT2D eigenvalue weighted by Gasteiger charge is -2.35. The largest absolute Gasteiger partial charge is 0.503 e. The zero-order chi connectivity index (χ0) is 43.2. The Morgan fingerprint density at radius 2 is 1.68 bits per heavy atom. The highest BCUT2D eigenvalue weighted by atomic mass is 35.5. The van der Waals surface area contributed by atoms with Crippen LogP contribution in [0.25, 0.3) is 33.2 Å². The van der Waals surface area contributed by atoms with E-state index in [1.807, 2.05) is 53.5 Å². The average molecular weight is 887 g/mol. The van der Waals surface area contributed by atoms with Gasteiger partial charge in [0.25, 0.3) is 5.91 Å². The Morgan fingerprint density at radius 3 is 2.41 bits per heavy atom. The second kappa shape index (κ2) is 17.8. The summed E-state index contributed by atoms with van der Waals surface area (Å²) in [6.45, 7) is 4.41.